The summed E-state index contributed by atoms with van der Waals surface area (Å²) in [4.78, 5) is 0. The highest BCUT2D eigenvalue weighted by Crippen LogP contribution is 1.99. The van der Waals surface area contributed by atoms with Crippen LogP contribution in [0, 0.1) is 5.41 Å². The first-order valence-electron chi connectivity index (χ1n) is 5.23. The van der Waals surface area contributed by atoms with Gasteiger partial charge in [-0.3, -0.25) is 0 Å². The molecule has 0 atom stereocenters. The van der Waals surface area contributed by atoms with E-state index < -0.39 is 0 Å². The largest absolute Gasteiger partial charge is 0.392 e. The van der Waals surface area contributed by atoms with E-state index in [0.29, 0.717) is 0 Å². The van der Waals surface area contributed by atoms with E-state index >= 15 is 0 Å². The van der Waals surface area contributed by atoms with E-state index in [0.717, 1.165) is 17.5 Å². The molecule has 15 heavy (non-hydrogen) atoms. The Kier molecular flexibility index (Phi) is 3.72. The molecule has 0 aliphatic carbocycles. The van der Waals surface area contributed by atoms with E-state index in [1.807, 2.05) is 27.2 Å². The van der Waals surface area contributed by atoms with Crippen LogP contribution in [0.4, 0.5) is 0 Å². The van der Waals surface area contributed by atoms with Gasteiger partial charge in [0, 0.05) is 31.7 Å². The molecule has 0 aliphatic heterocycles. The number of rotatable bonds is 3. The zero-order valence-corrected chi connectivity index (χ0v) is 9.89. The van der Waals surface area contributed by atoms with Gasteiger partial charge in [-0.2, -0.15) is 0 Å². The first-order chi connectivity index (χ1) is 7.21. The zero-order chi connectivity index (χ0) is 11.4. The summed E-state index contributed by atoms with van der Waals surface area (Å²) in [6.07, 6.45) is 6.46. The molecule has 1 aromatic heterocycles. The molecule has 0 spiro atoms. The van der Waals surface area contributed by atoms with E-state index in [-0.39, 0.29) is 0 Å². The number of aromatic nitrogens is 1. The van der Waals surface area contributed by atoms with Gasteiger partial charge in [0.15, 0.2) is 0 Å². The lowest BCUT2D eigenvalue weighted by Gasteiger charge is -1.98. The molecule has 1 heterocycles. The maximum absolute atomic E-state index is 7.45. The van der Waals surface area contributed by atoms with Crippen LogP contribution in [0.15, 0.2) is 0 Å². The average Bonchev–Trinajstić information content (AvgIpc) is 2.51. The monoisotopic (exact) mass is 205 g/mol. The molecular weight excluding hydrogens is 186 g/mol. The fourth-order valence-corrected chi connectivity index (χ4v) is 1.99. The van der Waals surface area contributed by atoms with Crippen molar-refractivity contribution < 1.29 is 0 Å². The lowest BCUT2D eigenvalue weighted by atomic mass is 10.1. The highest BCUT2D eigenvalue weighted by atomic mass is 15.0. The Morgan fingerprint density at radius 3 is 2.53 bits per heavy atom. The van der Waals surface area contributed by atoms with Crippen LogP contribution in [0.2, 0.25) is 0 Å². The molecule has 2 N–H and O–H groups in total. The van der Waals surface area contributed by atoms with Crippen LogP contribution in [0.25, 0.3) is 12.3 Å². The quantitative estimate of drug-likeness (QED) is 0.687. The van der Waals surface area contributed by atoms with Gasteiger partial charge in [-0.05, 0) is 18.9 Å². The van der Waals surface area contributed by atoms with E-state index in [9.17, 15) is 0 Å². The summed E-state index contributed by atoms with van der Waals surface area (Å²) in [6.45, 7) is 4.16. The van der Waals surface area contributed by atoms with Gasteiger partial charge in [0.2, 0.25) is 0 Å². The Hall–Kier alpha value is -1.51. The van der Waals surface area contributed by atoms with Crippen molar-refractivity contribution in [2.45, 2.75) is 20.3 Å². The van der Waals surface area contributed by atoms with E-state index in [4.69, 9.17) is 5.41 Å². The van der Waals surface area contributed by atoms with Crippen LogP contribution < -0.4 is 15.9 Å². The van der Waals surface area contributed by atoms with Gasteiger partial charge in [0.25, 0.3) is 0 Å². The van der Waals surface area contributed by atoms with Gasteiger partial charge in [0.05, 0.1) is 11.0 Å². The van der Waals surface area contributed by atoms with Crippen molar-refractivity contribution in [1.82, 2.24) is 9.88 Å². The third kappa shape index (κ3) is 1.82. The van der Waals surface area contributed by atoms with Crippen LogP contribution in [0.1, 0.15) is 25.1 Å². The predicted octanol–water partition coefficient (Wildman–Crippen LogP) is 0.343. The molecule has 1 rings (SSSR count). The first kappa shape index (κ1) is 11.6. The van der Waals surface area contributed by atoms with Crippen molar-refractivity contribution >= 4 is 18.5 Å². The summed E-state index contributed by atoms with van der Waals surface area (Å²) in [5.74, 6) is 0. The highest BCUT2D eigenvalue weighted by molar-refractivity contribution is 5.77. The van der Waals surface area contributed by atoms with Gasteiger partial charge in [0.1, 0.15) is 0 Å². The molecule has 0 saturated heterocycles. The molecule has 1 aromatic rings. The zero-order valence-electron chi connectivity index (χ0n) is 9.89. The van der Waals surface area contributed by atoms with Gasteiger partial charge < -0.3 is 15.3 Å². The van der Waals surface area contributed by atoms with Crippen molar-refractivity contribution in [3.63, 3.8) is 0 Å². The van der Waals surface area contributed by atoms with Gasteiger partial charge in [-0.15, -0.1) is 0 Å². The van der Waals surface area contributed by atoms with Gasteiger partial charge in [-0.1, -0.05) is 13.0 Å². The Labute approximate surface area is 90.6 Å². The summed E-state index contributed by atoms with van der Waals surface area (Å²) in [6, 6.07) is 0. The SMILES string of the molecule is C/C=c1/c(CC)c(C=N)n(C)/c1=C/NC. The number of hydrogen-bond donors (Lipinski definition) is 2. The lowest BCUT2D eigenvalue weighted by molar-refractivity contribution is 0.868. The molecule has 0 saturated carbocycles. The van der Waals surface area contributed by atoms with Crippen LogP contribution in [0.3, 0.4) is 0 Å². The van der Waals surface area contributed by atoms with Crippen molar-refractivity contribution in [3.05, 3.63) is 21.8 Å². The molecule has 0 aliphatic rings. The summed E-state index contributed by atoms with van der Waals surface area (Å²) < 4.78 is 2.05. The number of hydrogen-bond acceptors (Lipinski definition) is 2. The third-order valence-electron chi connectivity index (χ3n) is 2.69. The Morgan fingerprint density at radius 1 is 1.47 bits per heavy atom. The van der Waals surface area contributed by atoms with Crippen molar-refractivity contribution in [3.8, 4) is 0 Å². The first-order valence-corrected chi connectivity index (χ1v) is 5.23. The normalized spacial score (nSPS) is 13.3. The summed E-state index contributed by atoms with van der Waals surface area (Å²) in [7, 11) is 3.89. The molecule has 3 heteroatoms. The third-order valence-corrected chi connectivity index (χ3v) is 2.69. The molecule has 0 bridgehead atoms. The molecular formula is C12H19N3. The molecule has 0 aromatic carbocycles. The highest BCUT2D eigenvalue weighted by Gasteiger charge is 2.07. The summed E-state index contributed by atoms with van der Waals surface area (Å²) >= 11 is 0. The minimum Gasteiger partial charge on any atom is -0.392 e. The fourth-order valence-electron chi connectivity index (χ4n) is 1.99. The second-order valence-corrected chi connectivity index (χ2v) is 3.44. The molecule has 0 radical (unpaired) electrons. The van der Waals surface area contributed by atoms with Crippen LogP contribution in [-0.4, -0.2) is 17.8 Å². The van der Waals surface area contributed by atoms with Crippen LogP contribution >= 0.6 is 0 Å². The van der Waals surface area contributed by atoms with E-state index in [1.54, 1.807) is 0 Å². The number of nitrogens with one attached hydrogen (secondary N) is 2. The Morgan fingerprint density at radius 2 is 2.13 bits per heavy atom. The molecule has 0 amide bonds. The van der Waals surface area contributed by atoms with Crippen molar-refractivity contribution in [2.75, 3.05) is 7.05 Å². The van der Waals surface area contributed by atoms with Crippen LogP contribution in [-0.2, 0) is 13.5 Å². The van der Waals surface area contributed by atoms with Crippen molar-refractivity contribution in [2.24, 2.45) is 7.05 Å². The predicted molar refractivity (Wildman–Crippen MR) is 65.6 cm³/mol. The van der Waals surface area contributed by atoms with Crippen LogP contribution in [0.5, 0.6) is 0 Å². The standard InChI is InChI=1S/C12H19N3/c1-5-9-10(6-2)12(8-14-3)15(4)11(9)7-13/h6-8,13-14H,5H2,1-4H3/b10-6-,12-8+,13-7?. The molecule has 0 unspecified atom stereocenters. The second kappa shape index (κ2) is 4.82. The van der Waals surface area contributed by atoms with Gasteiger partial charge >= 0.3 is 0 Å². The van der Waals surface area contributed by atoms with E-state index in [2.05, 4.69) is 22.9 Å². The maximum Gasteiger partial charge on any atom is 0.0641 e. The molecule has 3 nitrogen and oxygen atoms in total. The number of nitrogens with zero attached hydrogens (tertiary/aromatic N) is 1. The molecule has 0 fully saturated rings. The minimum atomic E-state index is 0.954. The second-order valence-electron chi connectivity index (χ2n) is 3.44. The molecule has 82 valence electrons. The van der Waals surface area contributed by atoms with Gasteiger partial charge in [-0.25, -0.2) is 0 Å². The maximum atomic E-state index is 7.45. The summed E-state index contributed by atoms with van der Waals surface area (Å²) in [5.41, 5.74) is 2.24. The average molecular weight is 205 g/mol. The Bertz CT molecular complexity index is 466. The van der Waals surface area contributed by atoms with E-state index in [1.165, 1.54) is 17.0 Å². The lowest BCUT2D eigenvalue weighted by Crippen LogP contribution is -2.31. The minimum absolute atomic E-state index is 0.954. The topological polar surface area (TPSA) is 40.8 Å². The smallest absolute Gasteiger partial charge is 0.0641 e. The fraction of sp³-hybridized carbons (Fsp3) is 0.417. The summed E-state index contributed by atoms with van der Waals surface area (Å²) in [5, 5.41) is 12.9. The van der Waals surface area contributed by atoms with Crippen molar-refractivity contribution in [1.29, 1.82) is 5.41 Å². The Balaban J connectivity index is 3.76.